The molecule has 2 fully saturated rings. The van der Waals surface area contributed by atoms with Crippen LogP contribution in [0.4, 0.5) is 0 Å². The van der Waals surface area contributed by atoms with Gasteiger partial charge in [0.2, 0.25) is 0 Å². The molecule has 3 rings (SSSR count). The molecular weight excluding hydrogens is 268 g/mol. The Balaban J connectivity index is 1.68. The Hall–Kier alpha value is -0.860. The summed E-state index contributed by atoms with van der Waals surface area (Å²) in [4.78, 5) is 0. The first-order chi connectivity index (χ1) is 10.4. The highest BCUT2D eigenvalue weighted by Crippen LogP contribution is 2.43. The summed E-state index contributed by atoms with van der Waals surface area (Å²) in [7, 11) is 0. The number of benzene rings is 1. The van der Waals surface area contributed by atoms with Gasteiger partial charge >= 0.3 is 0 Å². The molecule has 0 radical (unpaired) electrons. The minimum absolute atomic E-state index is 0.150. The second kappa shape index (κ2) is 5.98. The van der Waals surface area contributed by atoms with E-state index in [2.05, 4.69) is 38.1 Å². The molecule has 22 heavy (non-hydrogen) atoms. The number of rotatable bonds is 2. The fraction of sp³-hybridized carbons (Fsp3) is 0.700. The first kappa shape index (κ1) is 16.0. The van der Waals surface area contributed by atoms with Crippen molar-refractivity contribution < 1.29 is 0 Å². The minimum Gasteiger partial charge on any atom is -0.328 e. The van der Waals surface area contributed by atoms with Gasteiger partial charge in [0.05, 0.1) is 0 Å². The molecule has 2 aliphatic rings. The molecule has 1 aromatic rings. The maximum Gasteiger partial charge on any atom is 0.0410 e. The molecule has 0 bridgehead atoms. The van der Waals surface area contributed by atoms with Gasteiger partial charge in [-0.3, -0.25) is 0 Å². The van der Waals surface area contributed by atoms with Gasteiger partial charge in [-0.2, -0.15) is 0 Å². The van der Waals surface area contributed by atoms with Crippen LogP contribution in [0, 0.1) is 5.41 Å². The summed E-state index contributed by atoms with van der Waals surface area (Å²) in [6.45, 7) is 4.80. The molecule has 0 saturated heterocycles. The Bertz CT molecular complexity index is 485. The molecule has 0 spiro atoms. The zero-order valence-corrected chi connectivity index (χ0v) is 14.3. The summed E-state index contributed by atoms with van der Waals surface area (Å²) in [6.07, 6.45) is 9.49. The standard InChI is InChI=1S/C20H32N2/c1-19(2)11-7-16(8-12-19)15-3-5-17(6-4-15)20(22)13-9-18(21)10-14-20/h3-6,16,18H,7-14,21-22H2,1-2H3. The van der Waals surface area contributed by atoms with Crippen LogP contribution in [0.15, 0.2) is 24.3 Å². The van der Waals surface area contributed by atoms with Crippen LogP contribution in [0.3, 0.4) is 0 Å². The van der Waals surface area contributed by atoms with Crippen molar-refractivity contribution in [2.45, 2.75) is 82.7 Å². The smallest absolute Gasteiger partial charge is 0.0410 e. The lowest BCUT2D eigenvalue weighted by Crippen LogP contribution is -2.43. The van der Waals surface area contributed by atoms with E-state index in [1.165, 1.54) is 36.8 Å². The third kappa shape index (κ3) is 3.38. The van der Waals surface area contributed by atoms with Gasteiger partial charge in [0, 0.05) is 11.6 Å². The minimum atomic E-state index is -0.150. The second-order valence-corrected chi connectivity index (χ2v) is 8.55. The molecule has 4 N–H and O–H groups in total. The molecule has 0 amide bonds. The van der Waals surface area contributed by atoms with E-state index in [1.54, 1.807) is 0 Å². The van der Waals surface area contributed by atoms with E-state index < -0.39 is 0 Å². The van der Waals surface area contributed by atoms with Crippen LogP contribution in [0.2, 0.25) is 0 Å². The Labute approximate surface area is 135 Å². The Morgan fingerprint density at radius 2 is 1.41 bits per heavy atom. The Morgan fingerprint density at radius 3 is 1.95 bits per heavy atom. The van der Waals surface area contributed by atoms with Crippen molar-refractivity contribution in [3.8, 4) is 0 Å². The maximum absolute atomic E-state index is 6.65. The van der Waals surface area contributed by atoms with Crippen LogP contribution in [0.5, 0.6) is 0 Å². The summed E-state index contributed by atoms with van der Waals surface area (Å²) in [5, 5.41) is 0. The van der Waals surface area contributed by atoms with Gasteiger partial charge < -0.3 is 11.5 Å². The SMILES string of the molecule is CC1(C)CCC(c2ccc(C3(N)CCC(N)CC3)cc2)CC1. The van der Waals surface area contributed by atoms with E-state index in [0.717, 1.165) is 31.6 Å². The van der Waals surface area contributed by atoms with Gasteiger partial charge in [-0.05, 0) is 73.8 Å². The molecule has 0 heterocycles. The summed E-state index contributed by atoms with van der Waals surface area (Å²) in [5.74, 6) is 0.746. The van der Waals surface area contributed by atoms with Gasteiger partial charge in [-0.25, -0.2) is 0 Å². The molecule has 1 aromatic carbocycles. The lowest BCUT2D eigenvalue weighted by molar-refractivity contribution is 0.224. The predicted molar refractivity (Wildman–Crippen MR) is 93.7 cm³/mol. The third-order valence-corrected chi connectivity index (χ3v) is 6.22. The largest absolute Gasteiger partial charge is 0.328 e. The number of hydrogen-bond donors (Lipinski definition) is 2. The van der Waals surface area contributed by atoms with E-state index in [0.29, 0.717) is 11.5 Å². The first-order valence-corrected chi connectivity index (χ1v) is 9.03. The van der Waals surface area contributed by atoms with Crippen molar-refractivity contribution in [3.05, 3.63) is 35.4 Å². The number of nitrogens with two attached hydrogens (primary N) is 2. The summed E-state index contributed by atoms with van der Waals surface area (Å²) in [5.41, 5.74) is 15.9. The van der Waals surface area contributed by atoms with E-state index in [-0.39, 0.29) is 5.54 Å². The molecule has 0 aromatic heterocycles. The van der Waals surface area contributed by atoms with E-state index >= 15 is 0 Å². The van der Waals surface area contributed by atoms with Crippen LogP contribution in [0.25, 0.3) is 0 Å². The molecule has 0 aliphatic heterocycles. The molecular formula is C20H32N2. The van der Waals surface area contributed by atoms with Crippen LogP contribution < -0.4 is 11.5 Å². The first-order valence-electron chi connectivity index (χ1n) is 9.03. The zero-order valence-electron chi connectivity index (χ0n) is 14.3. The molecule has 2 heteroatoms. The van der Waals surface area contributed by atoms with Crippen molar-refractivity contribution in [2.75, 3.05) is 0 Å². The van der Waals surface area contributed by atoms with Crippen molar-refractivity contribution in [3.63, 3.8) is 0 Å². The lowest BCUT2D eigenvalue weighted by Gasteiger charge is -2.37. The highest BCUT2D eigenvalue weighted by molar-refractivity contribution is 5.31. The van der Waals surface area contributed by atoms with Crippen LogP contribution in [-0.4, -0.2) is 6.04 Å². The van der Waals surface area contributed by atoms with E-state index in [9.17, 15) is 0 Å². The van der Waals surface area contributed by atoms with Crippen molar-refractivity contribution in [2.24, 2.45) is 16.9 Å². The van der Waals surface area contributed by atoms with Crippen molar-refractivity contribution >= 4 is 0 Å². The van der Waals surface area contributed by atoms with Crippen LogP contribution in [-0.2, 0) is 5.54 Å². The monoisotopic (exact) mass is 300 g/mol. The lowest BCUT2D eigenvalue weighted by atomic mass is 9.71. The molecule has 0 unspecified atom stereocenters. The quantitative estimate of drug-likeness (QED) is 0.849. The Kier molecular flexibility index (Phi) is 4.35. The molecule has 122 valence electrons. The highest BCUT2D eigenvalue weighted by Gasteiger charge is 2.32. The van der Waals surface area contributed by atoms with Gasteiger partial charge in [0.15, 0.2) is 0 Å². The van der Waals surface area contributed by atoms with Crippen molar-refractivity contribution in [1.29, 1.82) is 0 Å². The Morgan fingerprint density at radius 1 is 0.864 bits per heavy atom. The zero-order chi connectivity index (χ0) is 15.8. The third-order valence-electron chi connectivity index (χ3n) is 6.22. The van der Waals surface area contributed by atoms with Crippen LogP contribution >= 0.6 is 0 Å². The second-order valence-electron chi connectivity index (χ2n) is 8.55. The summed E-state index contributed by atoms with van der Waals surface area (Å²) in [6, 6.07) is 9.59. The summed E-state index contributed by atoms with van der Waals surface area (Å²) >= 11 is 0. The number of hydrogen-bond acceptors (Lipinski definition) is 2. The highest BCUT2D eigenvalue weighted by atomic mass is 14.8. The van der Waals surface area contributed by atoms with Crippen LogP contribution in [0.1, 0.15) is 82.3 Å². The van der Waals surface area contributed by atoms with Gasteiger partial charge in [-0.15, -0.1) is 0 Å². The van der Waals surface area contributed by atoms with Gasteiger partial charge in [-0.1, -0.05) is 38.1 Å². The van der Waals surface area contributed by atoms with Crippen molar-refractivity contribution in [1.82, 2.24) is 0 Å². The molecule has 2 saturated carbocycles. The van der Waals surface area contributed by atoms with E-state index in [1.807, 2.05) is 0 Å². The maximum atomic E-state index is 6.65. The average Bonchev–Trinajstić information content (AvgIpc) is 2.51. The fourth-order valence-corrected chi connectivity index (χ4v) is 4.26. The topological polar surface area (TPSA) is 52.0 Å². The predicted octanol–water partition coefficient (Wildman–Crippen LogP) is 4.43. The molecule has 0 atom stereocenters. The van der Waals surface area contributed by atoms with E-state index in [4.69, 9.17) is 11.5 Å². The normalized spacial score (nSPS) is 32.8. The fourth-order valence-electron chi connectivity index (χ4n) is 4.26. The summed E-state index contributed by atoms with van der Waals surface area (Å²) < 4.78 is 0. The average molecular weight is 300 g/mol. The van der Waals surface area contributed by atoms with Gasteiger partial charge in [0.1, 0.15) is 0 Å². The molecule has 2 nitrogen and oxygen atoms in total. The molecule has 2 aliphatic carbocycles. The van der Waals surface area contributed by atoms with Gasteiger partial charge in [0.25, 0.3) is 0 Å².